The van der Waals surface area contributed by atoms with Crippen LogP contribution in [-0.4, -0.2) is 59.6 Å². The Bertz CT molecular complexity index is 1060. The van der Waals surface area contributed by atoms with Gasteiger partial charge in [-0.05, 0) is 36.4 Å². The number of hydrogen-bond donors (Lipinski definition) is 0. The van der Waals surface area contributed by atoms with Crippen molar-refractivity contribution in [2.75, 3.05) is 32.8 Å². The van der Waals surface area contributed by atoms with Crippen molar-refractivity contribution < 1.29 is 18.7 Å². The second kappa shape index (κ2) is 8.64. The summed E-state index contributed by atoms with van der Waals surface area (Å²) < 4.78 is 24.7. The molecule has 1 fully saturated rings. The number of amides is 1. The maximum absolute atomic E-state index is 13.1. The van der Waals surface area contributed by atoms with Crippen LogP contribution in [0.3, 0.4) is 0 Å². The molecule has 1 saturated heterocycles. The van der Waals surface area contributed by atoms with Gasteiger partial charge in [-0.1, -0.05) is 12.1 Å². The Morgan fingerprint density at radius 2 is 1.81 bits per heavy atom. The number of rotatable bonds is 4. The molecule has 2 aromatic carbocycles. The fraction of sp³-hybridized carbons (Fsp3) is 0.304. The first-order valence-corrected chi connectivity index (χ1v) is 11.1. The molecule has 0 saturated carbocycles. The fourth-order valence-corrected chi connectivity index (χ4v) is 4.64. The van der Waals surface area contributed by atoms with Crippen molar-refractivity contribution in [3.05, 3.63) is 64.7 Å². The Balaban J connectivity index is 1.14. The lowest BCUT2D eigenvalue weighted by Gasteiger charge is -2.36. The summed E-state index contributed by atoms with van der Waals surface area (Å²) in [7, 11) is 0. The highest BCUT2D eigenvalue weighted by Crippen LogP contribution is 2.31. The Morgan fingerprint density at radius 3 is 2.58 bits per heavy atom. The Morgan fingerprint density at radius 1 is 1.06 bits per heavy atom. The van der Waals surface area contributed by atoms with Gasteiger partial charge in [0.1, 0.15) is 17.4 Å². The highest BCUT2D eigenvalue weighted by atomic mass is 32.1. The first-order valence-electron chi connectivity index (χ1n) is 10.3. The minimum absolute atomic E-state index is 0.0259. The maximum atomic E-state index is 13.1. The van der Waals surface area contributed by atoms with E-state index in [1.165, 1.54) is 12.1 Å². The van der Waals surface area contributed by atoms with E-state index in [9.17, 15) is 9.18 Å². The van der Waals surface area contributed by atoms with Crippen LogP contribution >= 0.6 is 11.3 Å². The number of halogens is 1. The van der Waals surface area contributed by atoms with E-state index in [-0.39, 0.29) is 18.3 Å². The molecule has 3 heterocycles. The number of hydrogen-bond acceptors (Lipinski definition) is 6. The highest BCUT2D eigenvalue weighted by Gasteiger charge is 2.32. The largest absolute Gasteiger partial charge is 0.485 e. The summed E-state index contributed by atoms with van der Waals surface area (Å²) >= 11 is 1.60. The standard InChI is InChI=1S/C23H22FN3O3S/c24-17-7-5-16(6-8-17)18-15-31-22(25-18)13-26-9-11-27(12-10-26)23(28)21-14-29-19-3-1-2-4-20(19)30-21/h1-8,15,21H,9-14H2. The quantitative estimate of drug-likeness (QED) is 0.624. The molecule has 5 rings (SSSR count). The SMILES string of the molecule is O=C(C1COc2ccccc2O1)N1CCN(Cc2nc(-c3ccc(F)cc3)cs2)CC1. The summed E-state index contributed by atoms with van der Waals surface area (Å²) in [6.45, 7) is 3.83. The molecule has 6 nitrogen and oxygen atoms in total. The van der Waals surface area contributed by atoms with Crippen molar-refractivity contribution in [1.29, 1.82) is 0 Å². The van der Waals surface area contributed by atoms with E-state index in [4.69, 9.17) is 14.5 Å². The molecule has 1 aromatic heterocycles. The molecule has 2 aliphatic heterocycles. The van der Waals surface area contributed by atoms with Crippen LogP contribution in [0.5, 0.6) is 11.5 Å². The van der Waals surface area contributed by atoms with E-state index in [1.54, 1.807) is 23.5 Å². The number of ether oxygens (including phenoxy) is 2. The Hall–Kier alpha value is -2.97. The molecule has 2 aliphatic rings. The summed E-state index contributed by atoms with van der Waals surface area (Å²) in [6.07, 6.45) is -0.598. The third kappa shape index (κ3) is 4.40. The van der Waals surface area contributed by atoms with Gasteiger partial charge in [-0.25, -0.2) is 9.37 Å². The molecular formula is C23H22FN3O3S. The smallest absolute Gasteiger partial charge is 0.267 e. The van der Waals surface area contributed by atoms with E-state index in [0.717, 1.165) is 35.9 Å². The van der Waals surface area contributed by atoms with Crippen molar-refractivity contribution in [2.45, 2.75) is 12.6 Å². The second-order valence-corrected chi connectivity index (χ2v) is 8.54. The van der Waals surface area contributed by atoms with Gasteiger partial charge in [0.2, 0.25) is 6.10 Å². The third-order valence-electron chi connectivity index (χ3n) is 5.52. The number of aromatic nitrogens is 1. The fourth-order valence-electron chi connectivity index (χ4n) is 3.80. The van der Waals surface area contributed by atoms with Gasteiger partial charge < -0.3 is 14.4 Å². The number of thiazole rings is 1. The van der Waals surface area contributed by atoms with E-state index in [2.05, 4.69) is 4.90 Å². The van der Waals surface area contributed by atoms with E-state index >= 15 is 0 Å². The monoisotopic (exact) mass is 439 g/mol. The number of benzene rings is 2. The molecule has 0 N–H and O–H groups in total. The number of nitrogens with zero attached hydrogens (tertiary/aromatic N) is 3. The molecule has 1 atom stereocenters. The summed E-state index contributed by atoms with van der Waals surface area (Å²) in [5.41, 5.74) is 1.78. The van der Waals surface area contributed by atoms with Crippen LogP contribution in [0.25, 0.3) is 11.3 Å². The predicted octanol–water partition coefficient (Wildman–Crippen LogP) is 3.43. The molecule has 31 heavy (non-hydrogen) atoms. The zero-order chi connectivity index (χ0) is 21.2. The lowest BCUT2D eigenvalue weighted by Crippen LogP contribution is -2.53. The Kier molecular flexibility index (Phi) is 5.57. The third-order valence-corrected chi connectivity index (χ3v) is 6.35. The van der Waals surface area contributed by atoms with Gasteiger partial charge >= 0.3 is 0 Å². The minimum atomic E-state index is -0.598. The topological polar surface area (TPSA) is 54.9 Å². The van der Waals surface area contributed by atoms with Gasteiger partial charge in [0.05, 0.1) is 12.2 Å². The van der Waals surface area contributed by atoms with Crippen LogP contribution in [0.4, 0.5) is 4.39 Å². The summed E-state index contributed by atoms with van der Waals surface area (Å²) in [6, 6.07) is 13.8. The summed E-state index contributed by atoms with van der Waals surface area (Å²) in [5.74, 6) is 1.02. The highest BCUT2D eigenvalue weighted by molar-refractivity contribution is 7.09. The average Bonchev–Trinajstić information content (AvgIpc) is 3.27. The minimum Gasteiger partial charge on any atom is -0.485 e. The molecule has 0 bridgehead atoms. The van der Waals surface area contributed by atoms with Gasteiger partial charge in [0, 0.05) is 37.1 Å². The van der Waals surface area contributed by atoms with Gasteiger partial charge in [0.25, 0.3) is 5.91 Å². The molecule has 1 unspecified atom stereocenters. The first-order chi connectivity index (χ1) is 15.2. The van der Waals surface area contributed by atoms with Crippen molar-refractivity contribution in [1.82, 2.24) is 14.8 Å². The van der Waals surface area contributed by atoms with Gasteiger partial charge in [-0.3, -0.25) is 9.69 Å². The number of piperazine rings is 1. The first kappa shape index (κ1) is 20.0. The number of fused-ring (bicyclic) bond motifs is 1. The van der Waals surface area contributed by atoms with E-state index < -0.39 is 6.10 Å². The molecule has 0 spiro atoms. The number of carbonyl (C=O) groups excluding carboxylic acids is 1. The second-order valence-electron chi connectivity index (χ2n) is 7.60. The van der Waals surface area contributed by atoms with Crippen LogP contribution in [0, 0.1) is 5.82 Å². The molecule has 1 amide bonds. The molecule has 8 heteroatoms. The van der Waals surface area contributed by atoms with Crippen LogP contribution in [0.1, 0.15) is 5.01 Å². The van der Waals surface area contributed by atoms with Gasteiger partial charge in [0.15, 0.2) is 11.5 Å². The zero-order valence-electron chi connectivity index (χ0n) is 16.9. The lowest BCUT2D eigenvalue weighted by molar-refractivity contribution is -0.143. The van der Waals surface area contributed by atoms with Gasteiger partial charge in [-0.15, -0.1) is 11.3 Å². The Labute approximate surface area is 183 Å². The predicted molar refractivity (Wildman–Crippen MR) is 116 cm³/mol. The molecule has 160 valence electrons. The van der Waals surface area contributed by atoms with Crippen LogP contribution in [0.15, 0.2) is 53.9 Å². The van der Waals surface area contributed by atoms with Crippen molar-refractivity contribution in [3.63, 3.8) is 0 Å². The van der Waals surface area contributed by atoms with Crippen molar-refractivity contribution in [2.24, 2.45) is 0 Å². The number of carbonyl (C=O) groups is 1. The van der Waals surface area contributed by atoms with Crippen LogP contribution in [0.2, 0.25) is 0 Å². The van der Waals surface area contributed by atoms with Crippen LogP contribution in [-0.2, 0) is 11.3 Å². The summed E-state index contributed by atoms with van der Waals surface area (Å²) in [4.78, 5) is 21.7. The van der Waals surface area contributed by atoms with Crippen molar-refractivity contribution >= 4 is 17.2 Å². The molecule has 0 aliphatic carbocycles. The van der Waals surface area contributed by atoms with Gasteiger partial charge in [-0.2, -0.15) is 0 Å². The van der Waals surface area contributed by atoms with E-state index in [0.29, 0.717) is 24.6 Å². The van der Waals surface area contributed by atoms with Crippen LogP contribution < -0.4 is 9.47 Å². The molecule has 0 radical (unpaired) electrons. The zero-order valence-corrected chi connectivity index (χ0v) is 17.7. The average molecular weight is 440 g/mol. The normalized spacial score (nSPS) is 18.7. The van der Waals surface area contributed by atoms with E-state index in [1.807, 2.05) is 34.5 Å². The lowest BCUT2D eigenvalue weighted by atomic mass is 10.2. The van der Waals surface area contributed by atoms with Crippen molar-refractivity contribution in [3.8, 4) is 22.8 Å². The maximum Gasteiger partial charge on any atom is 0.267 e. The number of para-hydroxylation sites is 2. The molecule has 3 aromatic rings. The molecular weight excluding hydrogens is 417 g/mol. The summed E-state index contributed by atoms with van der Waals surface area (Å²) in [5, 5.41) is 3.01.